The van der Waals surface area contributed by atoms with E-state index < -0.39 is 26.3 Å². The van der Waals surface area contributed by atoms with Crippen LogP contribution in [0.2, 0.25) is 0 Å². The Morgan fingerprint density at radius 1 is 1.04 bits per heavy atom. The summed E-state index contributed by atoms with van der Waals surface area (Å²) < 4.78 is 30.3. The van der Waals surface area contributed by atoms with Crippen LogP contribution in [-0.4, -0.2) is 14.4 Å². The first-order valence-electron chi connectivity index (χ1n) is 6.90. The molecule has 1 aromatic heterocycles. The maximum Gasteiger partial charge on any atom is 0.355 e. The fraction of sp³-hybridized carbons (Fsp3) is 0.0588. The van der Waals surface area contributed by atoms with Crippen LogP contribution < -0.4 is 10.7 Å². The lowest BCUT2D eigenvalue weighted by Gasteiger charge is -2.07. The number of carboxylic acids is 1. The standard InChI is InChI=1S/C17H12O6S/c1-10-2-5-13(6-3-10)24(21,22)15-9-12-8-11(16(18)19)4-7-14(12)23-17(15)20/h2-9H,1H3,(H,18,19)/p-1. The number of rotatable bonds is 3. The zero-order chi connectivity index (χ0) is 17.5. The summed E-state index contributed by atoms with van der Waals surface area (Å²) >= 11 is 0. The fourth-order valence-corrected chi connectivity index (χ4v) is 3.55. The first-order valence-corrected chi connectivity index (χ1v) is 8.38. The average molecular weight is 343 g/mol. The Kier molecular flexibility index (Phi) is 3.73. The largest absolute Gasteiger partial charge is 0.545 e. The van der Waals surface area contributed by atoms with E-state index in [1.807, 2.05) is 6.92 Å². The summed E-state index contributed by atoms with van der Waals surface area (Å²) in [5, 5.41) is 11.1. The lowest BCUT2D eigenvalue weighted by molar-refractivity contribution is -0.255. The molecule has 0 aliphatic carbocycles. The number of aryl methyl sites for hydroxylation is 1. The highest BCUT2D eigenvalue weighted by Gasteiger charge is 2.23. The molecule has 0 aliphatic heterocycles. The molecule has 0 atom stereocenters. The van der Waals surface area contributed by atoms with Crippen molar-refractivity contribution < 1.29 is 22.7 Å². The lowest BCUT2D eigenvalue weighted by Crippen LogP contribution is -2.22. The number of carbonyl (C=O) groups excluding carboxylic acids is 1. The van der Waals surface area contributed by atoms with Crippen molar-refractivity contribution in [2.24, 2.45) is 0 Å². The molecule has 3 rings (SSSR count). The molecular formula is C17H11O6S-. The highest BCUT2D eigenvalue weighted by atomic mass is 32.2. The Labute approximate surface area is 136 Å². The molecule has 0 bridgehead atoms. The summed E-state index contributed by atoms with van der Waals surface area (Å²) in [5.74, 6) is -1.41. The summed E-state index contributed by atoms with van der Waals surface area (Å²) in [7, 11) is -4.08. The van der Waals surface area contributed by atoms with E-state index in [-0.39, 0.29) is 21.4 Å². The van der Waals surface area contributed by atoms with E-state index in [1.165, 1.54) is 30.3 Å². The van der Waals surface area contributed by atoms with E-state index in [9.17, 15) is 23.1 Å². The minimum atomic E-state index is -4.08. The molecule has 2 aromatic carbocycles. The van der Waals surface area contributed by atoms with Gasteiger partial charge in [-0.3, -0.25) is 0 Å². The van der Waals surface area contributed by atoms with Crippen molar-refractivity contribution in [3.8, 4) is 0 Å². The van der Waals surface area contributed by atoms with Gasteiger partial charge in [0.2, 0.25) is 9.84 Å². The number of sulfone groups is 1. The number of hydrogen-bond donors (Lipinski definition) is 0. The van der Waals surface area contributed by atoms with Crippen LogP contribution in [0.1, 0.15) is 15.9 Å². The van der Waals surface area contributed by atoms with Crippen molar-refractivity contribution in [3.05, 3.63) is 70.1 Å². The molecule has 0 spiro atoms. The first-order chi connectivity index (χ1) is 11.3. The number of carboxylic acid groups (broad SMARTS) is 1. The molecule has 24 heavy (non-hydrogen) atoms. The Morgan fingerprint density at radius 2 is 1.71 bits per heavy atom. The topological polar surface area (TPSA) is 104 Å². The number of hydrogen-bond acceptors (Lipinski definition) is 6. The second-order valence-electron chi connectivity index (χ2n) is 5.25. The molecule has 0 unspecified atom stereocenters. The van der Waals surface area contributed by atoms with Gasteiger partial charge in [-0.25, -0.2) is 13.2 Å². The molecule has 7 heteroatoms. The molecular weight excluding hydrogens is 332 g/mol. The van der Waals surface area contributed by atoms with Crippen molar-refractivity contribution in [1.82, 2.24) is 0 Å². The summed E-state index contributed by atoms with van der Waals surface area (Å²) in [6.45, 7) is 1.81. The number of aromatic carboxylic acids is 1. The average Bonchev–Trinajstić information content (AvgIpc) is 2.54. The van der Waals surface area contributed by atoms with Gasteiger partial charge in [0.15, 0.2) is 4.90 Å². The molecule has 3 aromatic rings. The van der Waals surface area contributed by atoms with Crippen LogP contribution in [0.15, 0.2) is 67.5 Å². The van der Waals surface area contributed by atoms with Gasteiger partial charge in [0.25, 0.3) is 0 Å². The molecule has 6 nitrogen and oxygen atoms in total. The molecule has 0 aliphatic rings. The van der Waals surface area contributed by atoms with Crippen LogP contribution >= 0.6 is 0 Å². The number of benzene rings is 2. The van der Waals surface area contributed by atoms with Gasteiger partial charge >= 0.3 is 5.63 Å². The van der Waals surface area contributed by atoms with E-state index in [4.69, 9.17) is 4.42 Å². The Bertz CT molecular complexity index is 1110. The second kappa shape index (κ2) is 5.61. The van der Waals surface area contributed by atoms with Crippen LogP contribution in [0.25, 0.3) is 11.0 Å². The van der Waals surface area contributed by atoms with Gasteiger partial charge < -0.3 is 14.3 Å². The van der Waals surface area contributed by atoms with Crippen LogP contribution in [0, 0.1) is 6.92 Å². The SMILES string of the molecule is Cc1ccc(S(=O)(=O)c2cc3cc(C(=O)[O-])ccc3oc2=O)cc1. The molecule has 1 heterocycles. The van der Waals surface area contributed by atoms with Crippen LogP contribution in [0.5, 0.6) is 0 Å². The molecule has 0 radical (unpaired) electrons. The van der Waals surface area contributed by atoms with Gasteiger partial charge in [-0.1, -0.05) is 17.7 Å². The van der Waals surface area contributed by atoms with E-state index >= 15 is 0 Å². The van der Waals surface area contributed by atoms with E-state index in [2.05, 4.69) is 0 Å². The van der Waals surface area contributed by atoms with Gasteiger partial charge in [-0.15, -0.1) is 0 Å². The third kappa shape index (κ3) is 2.69. The summed E-state index contributed by atoms with van der Waals surface area (Å²) in [6.07, 6.45) is 0. The normalized spacial score (nSPS) is 11.5. The zero-order valence-electron chi connectivity index (χ0n) is 12.5. The summed E-state index contributed by atoms with van der Waals surface area (Å²) in [6, 6.07) is 10.8. The van der Waals surface area contributed by atoms with Crippen molar-refractivity contribution in [2.45, 2.75) is 16.7 Å². The van der Waals surface area contributed by atoms with Crippen molar-refractivity contribution in [2.75, 3.05) is 0 Å². The minimum Gasteiger partial charge on any atom is -0.545 e. The Hall–Kier alpha value is -2.93. The zero-order valence-corrected chi connectivity index (χ0v) is 13.3. The molecule has 122 valence electrons. The van der Waals surface area contributed by atoms with Crippen LogP contribution in [0.3, 0.4) is 0 Å². The fourth-order valence-electron chi connectivity index (χ4n) is 2.26. The predicted molar refractivity (Wildman–Crippen MR) is 83.4 cm³/mol. The van der Waals surface area contributed by atoms with E-state index in [0.717, 1.165) is 11.6 Å². The first kappa shape index (κ1) is 15.9. The van der Waals surface area contributed by atoms with Gasteiger partial charge in [0.05, 0.1) is 10.9 Å². The highest BCUT2D eigenvalue weighted by molar-refractivity contribution is 7.91. The quantitative estimate of drug-likeness (QED) is 0.664. The van der Waals surface area contributed by atoms with E-state index in [1.54, 1.807) is 12.1 Å². The maximum absolute atomic E-state index is 12.6. The summed E-state index contributed by atoms with van der Waals surface area (Å²) in [4.78, 5) is 22.4. The summed E-state index contributed by atoms with van der Waals surface area (Å²) in [5.41, 5.74) is -0.190. The predicted octanol–water partition coefficient (Wildman–Crippen LogP) is 1.30. The second-order valence-corrected chi connectivity index (χ2v) is 7.17. The van der Waals surface area contributed by atoms with Crippen molar-refractivity contribution in [1.29, 1.82) is 0 Å². The van der Waals surface area contributed by atoms with Gasteiger partial charge in [0.1, 0.15) is 5.58 Å². The molecule has 0 fully saturated rings. The van der Waals surface area contributed by atoms with E-state index in [0.29, 0.717) is 0 Å². The van der Waals surface area contributed by atoms with Crippen LogP contribution in [0.4, 0.5) is 0 Å². The maximum atomic E-state index is 12.6. The minimum absolute atomic E-state index is 0.0456. The number of carbonyl (C=O) groups is 1. The Balaban J connectivity index is 2.24. The molecule has 0 amide bonds. The smallest absolute Gasteiger partial charge is 0.355 e. The third-order valence-corrected chi connectivity index (χ3v) is 5.31. The van der Waals surface area contributed by atoms with Crippen molar-refractivity contribution >= 4 is 26.8 Å². The molecule has 0 N–H and O–H groups in total. The monoisotopic (exact) mass is 343 g/mol. The van der Waals surface area contributed by atoms with Gasteiger partial charge in [0, 0.05) is 5.39 Å². The lowest BCUT2D eigenvalue weighted by atomic mass is 10.1. The third-order valence-electron chi connectivity index (χ3n) is 3.56. The van der Waals surface area contributed by atoms with Crippen molar-refractivity contribution in [3.63, 3.8) is 0 Å². The molecule has 0 saturated heterocycles. The highest BCUT2D eigenvalue weighted by Crippen LogP contribution is 2.23. The Morgan fingerprint density at radius 3 is 2.33 bits per heavy atom. The molecule has 0 saturated carbocycles. The van der Waals surface area contributed by atoms with Gasteiger partial charge in [-0.05, 0) is 48.9 Å². The van der Waals surface area contributed by atoms with Gasteiger partial charge in [-0.2, -0.15) is 0 Å². The number of fused-ring (bicyclic) bond motifs is 1. The van der Waals surface area contributed by atoms with Crippen LogP contribution in [-0.2, 0) is 9.84 Å².